The largest absolute Gasteiger partial charge is 0.478 e. The fourth-order valence-corrected chi connectivity index (χ4v) is 3.49. The Morgan fingerprint density at radius 2 is 1.68 bits per heavy atom. The molecule has 1 atom stereocenters. The van der Waals surface area contributed by atoms with Gasteiger partial charge in [-0.25, -0.2) is 9.59 Å². The standard InChI is InChI=1S/C19H16N2O6S/c1-27-18(25)13-6-8-14(9-7-13)20-15-16(22)21(19(26)28-15)10-11-2-4-12(5-3-11)17(23)24/h2-9,15,20H,10H2,1H3,(H,23,24)/t15-/m1/s1. The van der Waals surface area contributed by atoms with Crippen molar-refractivity contribution in [1.29, 1.82) is 0 Å². The number of anilines is 1. The van der Waals surface area contributed by atoms with Crippen LogP contribution >= 0.6 is 11.8 Å². The second-order valence-electron chi connectivity index (χ2n) is 5.90. The van der Waals surface area contributed by atoms with E-state index >= 15 is 0 Å². The number of aromatic carboxylic acids is 1. The fourth-order valence-electron chi connectivity index (χ4n) is 2.59. The van der Waals surface area contributed by atoms with Gasteiger partial charge in [-0.2, -0.15) is 0 Å². The average molecular weight is 400 g/mol. The first kappa shape index (κ1) is 19.4. The SMILES string of the molecule is COC(=O)c1ccc(N[C@@H]2SC(=O)N(Cc3ccc(C(=O)O)cc3)C2=O)cc1. The number of methoxy groups -OCH3 is 1. The minimum Gasteiger partial charge on any atom is -0.478 e. The van der Waals surface area contributed by atoms with Gasteiger partial charge in [-0.1, -0.05) is 12.1 Å². The van der Waals surface area contributed by atoms with Crippen LogP contribution in [0.15, 0.2) is 48.5 Å². The van der Waals surface area contributed by atoms with Gasteiger partial charge in [0.2, 0.25) is 0 Å². The summed E-state index contributed by atoms with van der Waals surface area (Å²) in [5.74, 6) is -1.90. The van der Waals surface area contributed by atoms with E-state index in [2.05, 4.69) is 10.1 Å². The van der Waals surface area contributed by atoms with Crippen molar-refractivity contribution in [2.45, 2.75) is 11.9 Å². The number of nitrogens with one attached hydrogen (secondary N) is 1. The van der Waals surface area contributed by atoms with E-state index in [0.717, 1.165) is 16.7 Å². The van der Waals surface area contributed by atoms with Crippen molar-refractivity contribution in [3.8, 4) is 0 Å². The Bertz CT molecular complexity index is 926. The van der Waals surface area contributed by atoms with Gasteiger partial charge in [0.1, 0.15) is 0 Å². The number of amides is 2. The molecule has 2 aromatic rings. The first-order valence-electron chi connectivity index (χ1n) is 8.18. The Labute approximate surface area is 164 Å². The van der Waals surface area contributed by atoms with Crippen LogP contribution in [0.3, 0.4) is 0 Å². The monoisotopic (exact) mass is 400 g/mol. The number of esters is 1. The molecule has 144 valence electrons. The van der Waals surface area contributed by atoms with Gasteiger partial charge in [0.15, 0.2) is 5.37 Å². The number of nitrogens with zero attached hydrogens (tertiary/aromatic N) is 1. The van der Waals surface area contributed by atoms with Crippen LogP contribution in [0.4, 0.5) is 10.5 Å². The Balaban J connectivity index is 1.66. The van der Waals surface area contributed by atoms with Gasteiger partial charge in [-0.05, 0) is 53.7 Å². The van der Waals surface area contributed by atoms with Crippen LogP contribution < -0.4 is 5.32 Å². The number of thioether (sulfide) groups is 1. The van der Waals surface area contributed by atoms with Crippen molar-refractivity contribution in [2.24, 2.45) is 0 Å². The zero-order valence-electron chi connectivity index (χ0n) is 14.7. The third-order valence-electron chi connectivity index (χ3n) is 4.07. The molecule has 2 N–H and O–H groups in total. The third kappa shape index (κ3) is 4.15. The summed E-state index contributed by atoms with van der Waals surface area (Å²) in [5, 5.41) is 10.7. The highest BCUT2D eigenvalue weighted by Gasteiger charge is 2.39. The van der Waals surface area contributed by atoms with Crippen molar-refractivity contribution >= 4 is 40.5 Å². The molecular formula is C19H16N2O6S. The van der Waals surface area contributed by atoms with Gasteiger partial charge in [-0.15, -0.1) is 0 Å². The van der Waals surface area contributed by atoms with E-state index in [4.69, 9.17) is 5.11 Å². The van der Waals surface area contributed by atoms with Crippen LogP contribution in [0.5, 0.6) is 0 Å². The van der Waals surface area contributed by atoms with Gasteiger partial charge in [-0.3, -0.25) is 14.5 Å². The van der Waals surface area contributed by atoms with E-state index in [9.17, 15) is 19.2 Å². The molecule has 8 nitrogen and oxygen atoms in total. The molecule has 1 fully saturated rings. The highest BCUT2D eigenvalue weighted by Crippen LogP contribution is 2.29. The van der Waals surface area contributed by atoms with Crippen LogP contribution in [0, 0.1) is 0 Å². The maximum absolute atomic E-state index is 12.6. The molecule has 0 aromatic heterocycles. The number of imide groups is 1. The fraction of sp³-hybridized carbons (Fsp3) is 0.158. The van der Waals surface area contributed by atoms with E-state index in [1.54, 1.807) is 36.4 Å². The number of carbonyl (C=O) groups is 4. The number of rotatable bonds is 6. The maximum atomic E-state index is 12.6. The summed E-state index contributed by atoms with van der Waals surface area (Å²) in [6.45, 7) is 0.0595. The lowest BCUT2D eigenvalue weighted by atomic mass is 10.1. The molecule has 0 saturated carbocycles. The summed E-state index contributed by atoms with van der Waals surface area (Å²) in [6.07, 6.45) is 0. The minimum atomic E-state index is -1.04. The van der Waals surface area contributed by atoms with Crippen molar-refractivity contribution < 1.29 is 29.0 Å². The number of carboxylic acid groups (broad SMARTS) is 1. The van der Waals surface area contributed by atoms with Gasteiger partial charge in [0.25, 0.3) is 11.1 Å². The van der Waals surface area contributed by atoms with Crippen LogP contribution in [0.2, 0.25) is 0 Å². The summed E-state index contributed by atoms with van der Waals surface area (Å²) >= 11 is 0.860. The summed E-state index contributed by atoms with van der Waals surface area (Å²) in [5.41, 5.74) is 1.74. The summed E-state index contributed by atoms with van der Waals surface area (Å²) in [6, 6.07) is 12.4. The van der Waals surface area contributed by atoms with E-state index in [0.29, 0.717) is 16.8 Å². The van der Waals surface area contributed by atoms with Crippen LogP contribution in [0.25, 0.3) is 0 Å². The Hall–Kier alpha value is -3.33. The summed E-state index contributed by atoms with van der Waals surface area (Å²) in [4.78, 5) is 48.3. The number of carboxylic acids is 1. The van der Waals surface area contributed by atoms with Crippen molar-refractivity contribution in [3.63, 3.8) is 0 Å². The molecule has 0 unspecified atom stereocenters. The molecule has 1 saturated heterocycles. The summed E-state index contributed by atoms with van der Waals surface area (Å²) < 4.78 is 4.63. The molecule has 9 heteroatoms. The lowest BCUT2D eigenvalue weighted by molar-refractivity contribution is -0.126. The molecule has 0 aliphatic carbocycles. The molecule has 1 aliphatic rings. The molecule has 0 radical (unpaired) electrons. The third-order valence-corrected chi connectivity index (χ3v) is 5.05. The Morgan fingerprint density at radius 3 is 2.25 bits per heavy atom. The molecule has 0 bridgehead atoms. The van der Waals surface area contributed by atoms with Gasteiger partial charge >= 0.3 is 11.9 Å². The van der Waals surface area contributed by atoms with Crippen molar-refractivity contribution in [1.82, 2.24) is 4.90 Å². The second-order valence-corrected chi connectivity index (χ2v) is 6.96. The molecule has 1 aliphatic heterocycles. The van der Waals surface area contributed by atoms with Crippen LogP contribution in [0.1, 0.15) is 26.3 Å². The average Bonchev–Trinajstić information content (AvgIpc) is 2.95. The number of hydrogen-bond donors (Lipinski definition) is 2. The molecule has 0 spiro atoms. The van der Waals surface area contributed by atoms with Gasteiger partial charge < -0.3 is 15.2 Å². The Morgan fingerprint density at radius 1 is 1.07 bits per heavy atom. The molecule has 28 heavy (non-hydrogen) atoms. The lowest BCUT2D eigenvalue weighted by Gasteiger charge is -2.15. The predicted octanol–water partition coefficient (Wildman–Crippen LogP) is 2.81. The number of hydrogen-bond acceptors (Lipinski definition) is 7. The molecular weight excluding hydrogens is 384 g/mol. The maximum Gasteiger partial charge on any atom is 0.337 e. The van der Waals surface area contributed by atoms with Gasteiger partial charge in [0.05, 0.1) is 24.8 Å². The van der Waals surface area contributed by atoms with E-state index in [-0.39, 0.29) is 12.1 Å². The number of ether oxygens (including phenoxy) is 1. The molecule has 1 heterocycles. The normalized spacial score (nSPS) is 16.2. The first-order valence-corrected chi connectivity index (χ1v) is 9.06. The highest BCUT2D eigenvalue weighted by molar-refractivity contribution is 8.15. The van der Waals surface area contributed by atoms with Crippen molar-refractivity contribution in [3.05, 3.63) is 65.2 Å². The molecule has 2 aromatic carbocycles. The highest BCUT2D eigenvalue weighted by atomic mass is 32.2. The zero-order valence-corrected chi connectivity index (χ0v) is 15.6. The lowest BCUT2D eigenvalue weighted by Crippen LogP contribution is -2.33. The van der Waals surface area contributed by atoms with Crippen LogP contribution in [-0.2, 0) is 16.1 Å². The second kappa shape index (κ2) is 8.13. The number of benzene rings is 2. The van der Waals surface area contributed by atoms with Crippen LogP contribution in [-0.4, -0.2) is 45.6 Å². The topological polar surface area (TPSA) is 113 Å². The predicted molar refractivity (Wildman–Crippen MR) is 102 cm³/mol. The first-order chi connectivity index (χ1) is 13.4. The minimum absolute atomic E-state index is 0.0595. The van der Waals surface area contributed by atoms with Crippen molar-refractivity contribution in [2.75, 3.05) is 12.4 Å². The quantitative estimate of drug-likeness (QED) is 0.712. The summed E-state index contributed by atoms with van der Waals surface area (Å²) in [7, 11) is 1.29. The molecule has 3 rings (SSSR count). The zero-order chi connectivity index (χ0) is 20.3. The van der Waals surface area contributed by atoms with E-state index in [1.165, 1.54) is 19.2 Å². The molecule has 2 amide bonds. The number of carbonyl (C=O) groups excluding carboxylic acids is 3. The van der Waals surface area contributed by atoms with Gasteiger partial charge in [0, 0.05) is 5.69 Å². The van der Waals surface area contributed by atoms with E-state index < -0.39 is 28.5 Å². The smallest absolute Gasteiger partial charge is 0.337 e. The van der Waals surface area contributed by atoms with E-state index in [1.807, 2.05) is 0 Å². The Kier molecular flexibility index (Phi) is 5.65.